The van der Waals surface area contributed by atoms with Gasteiger partial charge in [-0.05, 0) is 56.3 Å². The monoisotopic (exact) mass is 513 g/mol. The molecule has 6 rings (SSSR count). The van der Waals surface area contributed by atoms with Gasteiger partial charge in [-0.15, -0.1) is 17.0 Å². The van der Waals surface area contributed by atoms with E-state index in [0.29, 0.717) is 6.42 Å². The number of methoxy groups -OCH3 is 2. The van der Waals surface area contributed by atoms with E-state index in [-0.39, 0.29) is 28.8 Å². The summed E-state index contributed by atoms with van der Waals surface area (Å²) in [5, 5.41) is 0. The number of likely N-dealkylation sites (tertiary alicyclic amines) is 1. The van der Waals surface area contributed by atoms with E-state index in [1.54, 1.807) is 7.11 Å². The lowest BCUT2D eigenvalue weighted by Crippen LogP contribution is -2.80. The molecule has 2 aliphatic carbocycles. The molecule has 33 heavy (non-hydrogen) atoms. The number of Topliss-reactive ketones (excluding diaryl/α,β-unsaturated/α-hetero) is 1. The van der Waals surface area contributed by atoms with Crippen LogP contribution in [-0.4, -0.2) is 55.2 Å². The number of carbonyl (C=O) groups excluding carboxylic acids is 1. The number of nitrogens with zero attached hydrogens (tertiary/aromatic N) is 1. The fraction of sp³-hybridized carbons (Fsp3) is 0.519. The van der Waals surface area contributed by atoms with Crippen molar-refractivity contribution in [3.63, 3.8) is 0 Å². The van der Waals surface area contributed by atoms with Crippen molar-refractivity contribution in [2.45, 2.75) is 61.7 Å². The largest absolute Gasteiger partial charge is 0.493 e. The van der Waals surface area contributed by atoms with Crippen molar-refractivity contribution < 1.29 is 19.0 Å². The van der Waals surface area contributed by atoms with Crippen LogP contribution in [-0.2, 0) is 27.8 Å². The molecule has 4 aliphatic rings. The van der Waals surface area contributed by atoms with Gasteiger partial charge in [0.1, 0.15) is 0 Å². The van der Waals surface area contributed by atoms with Crippen molar-refractivity contribution in [3.8, 4) is 11.5 Å². The molecular formula is C27H32BrNO4. The quantitative estimate of drug-likeness (QED) is 0.596. The molecule has 2 fully saturated rings. The van der Waals surface area contributed by atoms with Crippen LogP contribution in [0.3, 0.4) is 0 Å². The molecule has 0 N–H and O–H groups in total. The lowest BCUT2D eigenvalue weighted by Gasteiger charge is -2.66. The van der Waals surface area contributed by atoms with Crippen molar-refractivity contribution in [1.29, 1.82) is 0 Å². The SMILES string of the molecule is Br.COc1ccc2c3c1OC1(C)C(=O)CC[C@@]4(OC)[C@@H](C2)N(CCc2ccccc2)CC[C@]314. The summed E-state index contributed by atoms with van der Waals surface area (Å²) in [5.74, 6) is 1.67. The van der Waals surface area contributed by atoms with Crippen molar-refractivity contribution in [3.05, 3.63) is 59.2 Å². The van der Waals surface area contributed by atoms with E-state index in [9.17, 15) is 4.79 Å². The second-order valence-electron chi connectivity index (χ2n) is 9.93. The van der Waals surface area contributed by atoms with Gasteiger partial charge in [0.2, 0.25) is 0 Å². The first-order valence-electron chi connectivity index (χ1n) is 11.8. The third kappa shape index (κ3) is 2.69. The van der Waals surface area contributed by atoms with Crippen molar-refractivity contribution >= 4 is 22.8 Å². The van der Waals surface area contributed by atoms with Crippen LogP contribution in [0.4, 0.5) is 0 Å². The Morgan fingerprint density at radius 1 is 1.12 bits per heavy atom. The zero-order chi connectivity index (χ0) is 22.1. The zero-order valence-electron chi connectivity index (χ0n) is 19.6. The Bertz CT molecular complexity index is 1090. The number of ether oxygens (including phenoxy) is 3. The van der Waals surface area contributed by atoms with Gasteiger partial charge in [0.05, 0.1) is 18.1 Å². The molecule has 176 valence electrons. The van der Waals surface area contributed by atoms with Crippen LogP contribution in [0.25, 0.3) is 0 Å². The van der Waals surface area contributed by atoms with E-state index in [0.717, 1.165) is 50.3 Å². The van der Waals surface area contributed by atoms with E-state index in [2.05, 4.69) is 41.3 Å². The number of ketones is 1. The molecule has 0 aromatic heterocycles. The van der Waals surface area contributed by atoms with E-state index in [4.69, 9.17) is 14.2 Å². The van der Waals surface area contributed by atoms with Crippen LogP contribution in [0.5, 0.6) is 11.5 Å². The zero-order valence-corrected chi connectivity index (χ0v) is 21.3. The molecular weight excluding hydrogens is 482 g/mol. The summed E-state index contributed by atoms with van der Waals surface area (Å²) in [4.78, 5) is 16.1. The highest BCUT2D eigenvalue weighted by Gasteiger charge is 2.78. The highest BCUT2D eigenvalue weighted by atomic mass is 79.9. The third-order valence-electron chi connectivity index (χ3n) is 9.01. The van der Waals surface area contributed by atoms with Crippen molar-refractivity contribution in [2.24, 2.45) is 0 Å². The Balaban J connectivity index is 0.00000228. The second-order valence-corrected chi connectivity index (χ2v) is 9.93. The summed E-state index contributed by atoms with van der Waals surface area (Å²) in [6, 6.07) is 15.1. The van der Waals surface area contributed by atoms with Crippen LogP contribution in [0, 0.1) is 0 Å². The molecule has 0 amide bonds. The molecule has 4 atom stereocenters. The molecule has 1 saturated heterocycles. The lowest BCUT2D eigenvalue weighted by molar-refractivity contribution is -0.220. The molecule has 2 heterocycles. The van der Waals surface area contributed by atoms with Crippen molar-refractivity contribution in [1.82, 2.24) is 4.90 Å². The Morgan fingerprint density at radius 3 is 2.64 bits per heavy atom. The molecule has 1 spiro atoms. The number of benzene rings is 2. The predicted molar refractivity (Wildman–Crippen MR) is 132 cm³/mol. The Morgan fingerprint density at radius 2 is 1.91 bits per heavy atom. The number of hydrogen-bond acceptors (Lipinski definition) is 5. The predicted octanol–water partition coefficient (Wildman–Crippen LogP) is 4.28. The van der Waals surface area contributed by atoms with Gasteiger partial charge in [-0.3, -0.25) is 9.69 Å². The summed E-state index contributed by atoms with van der Waals surface area (Å²) in [5.41, 5.74) is 1.96. The van der Waals surface area contributed by atoms with Gasteiger partial charge in [0.25, 0.3) is 0 Å². The first-order chi connectivity index (χ1) is 15.5. The van der Waals surface area contributed by atoms with Gasteiger partial charge in [0, 0.05) is 31.7 Å². The maximum Gasteiger partial charge on any atom is 0.177 e. The molecule has 2 aromatic rings. The Labute approximate surface area is 206 Å². The molecule has 1 unspecified atom stereocenters. The minimum Gasteiger partial charge on any atom is -0.493 e. The molecule has 5 nitrogen and oxygen atoms in total. The van der Waals surface area contributed by atoms with E-state index >= 15 is 0 Å². The third-order valence-corrected chi connectivity index (χ3v) is 9.01. The number of piperidine rings is 1. The number of hydrogen-bond donors (Lipinski definition) is 0. The number of carbonyl (C=O) groups is 1. The lowest BCUT2D eigenvalue weighted by atomic mass is 9.45. The normalized spacial score (nSPS) is 33.7. The Hall–Kier alpha value is -1.89. The maximum absolute atomic E-state index is 13.5. The fourth-order valence-corrected chi connectivity index (χ4v) is 7.58. The summed E-state index contributed by atoms with van der Waals surface area (Å²) >= 11 is 0. The van der Waals surface area contributed by atoms with Crippen LogP contribution >= 0.6 is 17.0 Å². The number of rotatable bonds is 5. The second kappa shape index (κ2) is 7.82. The summed E-state index contributed by atoms with van der Waals surface area (Å²) in [6.45, 7) is 3.93. The standard InChI is InChI=1S/C27H31NO4.BrH/c1-25-22(29)11-13-27(31-3)21-17-19-9-10-20(30-2)24(32-25)23(19)26(25,27)14-16-28(21)15-12-18-7-5-4-6-8-18;/h4-10,21H,11-17H2,1-3H3;1H/t21-,25?,26+,27-;/m1./s1. The van der Waals surface area contributed by atoms with E-state index < -0.39 is 16.6 Å². The molecule has 2 aliphatic heterocycles. The van der Waals surface area contributed by atoms with Gasteiger partial charge in [-0.2, -0.15) is 0 Å². The first kappa shape index (κ1) is 22.9. The van der Waals surface area contributed by atoms with Crippen LogP contribution in [0.15, 0.2) is 42.5 Å². The van der Waals surface area contributed by atoms with Crippen LogP contribution in [0.1, 0.15) is 42.9 Å². The van der Waals surface area contributed by atoms with Crippen molar-refractivity contribution in [2.75, 3.05) is 27.3 Å². The molecule has 2 aromatic carbocycles. The first-order valence-corrected chi connectivity index (χ1v) is 11.8. The Kier molecular flexibility index (Phi) is 5.42. The topological polar surface area (TPSA) is 48.0 Å². The van der Waals surface area contributed by atoms with E-state index in [1.165, 1.54) is 16.7 Å². The molecule has 1 saturated carbocycles. The number of halogens is 1. The smallest absolute Gasteiger partial charge is 0.177 e. The average molecular weight is 514 g/mol. The summed E-state index contributed by atoms with van der Waals surface area (Å²) in [6.07, 6.45) is 3.99. The maximum atomic E-state index is 13.5. The summed E-state index contributed by atoms with van der Waals surface area (Å²) in [7, 11) is 3.52. The molecule has 2 bridgehead atoms. The minimum absolute atomic E-state index is 0. The van der Waals surface area contributed by atoms with Crippen LogP contribution < -0.4 is 9.47 Å². The molecule has 0 radical (unpaired) electrons. The van der Waals surface area contributed by atoms with Gasteiger partial charge >= 0.3 is 0 Å². The molecule has 6 heteroatoms. The highest BCUT2D eigenvalue weighted by Crippen LogP contribution is 2.69. The fourth-order valence-electron chi connectivity index (χ4n) is 7.58. The van der Waals surface area contributed by atoms with E-state index in [1.807, 2.05) is 20.1 Å². The highest BCUT2D eigenvalue weighted by molar-refractivity contribution is 8.93. The van der Waals surface area contributed by atoms with Crippen LogP contribution in [0.2, 0.25) is 0 Å². The van der Waals surface area contributed by atoms with Gasteiger partial charge < -0.3 is 14.2 Å². The average Bonchev–Trinajstić information content (AvgIpc) is 3.10. The van der Waals surface area contributed by atoms with Gasteiger partial charge in [0.15, 0.2) is 22.9 Å². The summed E-state index contributed by atoms with van der Waals surface area (Å²) < 4.78 is 18.9. The van der Waals surface area contributed by atoms with Gasteiger partial charge in [-0.1, -0.05) is 36.4 Å². The minimum atomic E-state index is -0.919. The van der Waals surface area contributed by atoms with Gasteiger partial charge in [-0.25, -0.2) is 0 Å².